The Kier molecular flexibility index (Phi) is 10.3. The van der Waals surface area contributed by atoms with Gasteiger partial charge in [0, 0.05) is 44.4 Å². The van der Waals surface area contributed by atoms with Crippen molar-refractivity contribution in [1.29, 1.82) is 0 Å². The molecule has 0 N–H and O–H groups in total. The summed E-state index contributed by atoms with van der Waals surface area (Å²) in [6, 6.07) is 45.4. The first-order valence-corrected chi connectivity index (χ1v) is 26.6. The average Bonchev–Trinajstić information content (AvgIpc) is 3.71. The molecule has 6 atom stereocenters. The van der Waals surface area contributed by atoms with Crippen molar-refractivity contribution in [2.75, 3.05) is 4.90 Å². The van der Waals surface area contributed by atoms with Crippen LogP contribution in [-0.4, -0.2) is 11.3 Å². The summed E-state index contributed by atoms with van der Waals surface area (Å²) >= 11 is 0. The van der Waals surface area contributed by atoms with Crippen LogP contribution in [0.25, 0.3) is 60.9 Å². The molecular formula is C67H69BN2. The first-order chi connectivity index (χ1) is 33.7. The summed E-state index contributed by atoms with van der Waals surface area (Å²) in [6.45, 7) is 33.8. The molecule has 0 radical (unpaired) electrons. The van der Waals surface area contributed by atoms with Gasteiger partial charge in [0.05, 0.1) is 16.7 Å². The number of hydrogen-bond donors (Lipinski definition) is 0. The number of rotatable bonds is 7. The number of benzene rings is 6. The Labute approximate surface area is 418 Å². The Morgan fingerprint density at radius 1 is 0.800 bits per heavy atom. The smallest absolute Gasteiger partial charge is 0.214 e. The lowest BCUT2D eigenvalue weighted by molar-refractivity contribution is 0.0840. The fourth-order valence-corrected chi connectivity index (χ4v) is 14.5. The molecule has 5 heterocycles. The van der Waals surface area contributed by atoms with Gasteiger partial charge in [0.1, 0.15) is 0 Å². The van der Waals surface area contributed by atoms with Crippen molar-refractivity contribution in [1.82, 2.24) is 4.57 Å². The van der Waals surface area contributed by atoms with Gasteiger partial charge in [0.15, 0.2) is 0 Å². The molecule has 1 aromatic heterocycles. The van der Waals surface area contributed by atoms with Crippen LogP contribution in [0, 0.1) is 23.7 Å². The zero-order valence-electron chi connectivity index (χ0n) is 43.3. The predicted octanol–water partition coefficient (Wildman–Crippen LogP) is 17.4. The van der Waals surface area contributed by atoms with E-state index < -0.39 is 5.41 Å². The molecule has 6 aromatic carbocycles. The van der Waals surface area contributed by atoms with Gasteiger partial charge >= 0.3 is 0 Å². The van der Waals surface area contributed by atoms with E-state index in [4.69, 9.17) is 6.58 Å². The maximum Gasteiger partial charge on any atom is 0.214 e. The number of fused-ring (bicyclic) bond motifs is 4. The van der Waals surface area contributed by atoms with Crippen LogP contribution in [0.1, 0.15) is 117 Å². The second-order valence-corrected chi connectivity index (χ2v) is 22.9. The molecule has 0 amide bonds. The van der Waals surface area contributed by atoms with E-state index in [1.807, 2.05) is 0 Å². The van der Waals surface area contributed by atoms with Crippen LogP contribution in [0.4, 0.5) is 5.69 Å². The zero-order valence-corrected chi connectivity index (χ0v) is 43.3. The first-order valence-electron chi connectivity index (χ1n) is 26.6. The lowest BCUT2D eigenvalue weighted by atomic mass is 9.34. The minimum Gasteiger partial charge on any atom is -0.315 e. The van der Waals surface area contributed by atoms with Gasteiger partial charge in [-0.25, -0.2) is 0 Å². The lowest BCUT2D eigenvalue weighted by Gasteiger charge is -2.55. The van der Waals surface area contributed by atoms with Gasteiger partial charge in [0.2, 0.25) is 6.71 Å². The average molecular weight is 913 g/mol. The summed E-state index contributed by atoms with van der Waals surface area (Å²) in [6.07, 6.45) is 11.4. The van der Waals surface area contributed by atoms with Gasteiger partial charge in [-0.15, -0.1) is 0 Å². The highest BCUT2D eigenvalue weighted by Gasteiger charge is 2.54. The van der Waals surface area contributed by atoms with Crippen molar-refractivity contribution in [2.24, 2.45) is 23.7 Å². The Morgan fingerprint density at radius 2 is 1.47 bits per heavy atom. The van der Waals surface area contributed by atoms with Crippen LogP contribution in [-0.2, 0) is 10.8 Å². The van der Waals surface area contributed by atoms with E-state index in [9.17, 15) is 0 Å². The van der Waals surface area contributed by atoms with E-state index in [0.717, 1.165) is 24.9 Å². The molecule has 350 valence electrons. The third-order valence-electron chi connectivity index (χ3n) is 18.3. The van der Waals surface area contributed by atoms with E-state index in [1.165, 1.54) is 117 Å². The third-order valence-corrected chi connectivity index (χ3v) is 18.3. The molecule has 2 aliphatic carbocycles. The quantitative estimate of drug-likeness (QED) is 0.114. The van der Waals surface area contributed by atoms with Crippen molar-refractivity contribution in [3.8, 4) is 39.1 Å². The molecule has 0 saturated heterocycles. The standard InChI is InChI=1S/C67H69BN2/c1-13-20-56-42(8)69-58(15-3)57(14-2)68(16-4)63-55(61-40(6)34-54(61)53-33-39(5)41(53)7)38-60-62(65(63)69)67(56,12)49-31-27-44(28-32-49)46-35-45(43-25-29-48(30-26-43)66(9,10)11)36-47(37-46)50-22-19-23-52-51-21-17-18-24-59(51)70(60)64(50)52/h14,17-33,35-38,40-41,53-54,61H,2,8,13,15-16,34H2,1,3-7,9-12H3/b56-20+/t40-,41-,53?,54?,61?,67?/m0/s1. The number of para-hydroxylation sites is 2. The van der Waals surface area contributed by atoms with Crippen molar-refractivity contribution in [2.45, 2.75) is 112 Å². The Balaban J connectivity index is 1.28. The molecule has 4 bridgehead atoms. The molecule has 1 fully saturated rings. The highest BCUT2D eigenvalue weighted by molar-refractivity contribution is 6.83. The monoisotopic (exact) mass is 913 g/mol. The van der Waals surface area contributed by atoms with Crippen LogP contribution in [0.3, 0.4) is 0 Å². The third kappa shape index (κ3) is 6.18. The van der Waals surface area contributed by atoms with Gasteiger partial charge in [-0.2, -0.15) is 0 Å². The molecule has 0 spiro atoms. The molecule has 4 unspecified atom stereocenters. The summed E-state index contributed by atoms with van der Waals surface area (Å²) in [5.74, 6) is 2.78. The van der Waals surface area contributed by atoms with Crippen LogP contribution in [0.15, 0.2) is 175 Å². The zero-order chi connectivity index (χ0) is 48.7. The van der Waals surface area contributed by atoms with E-state index in [-0.39, 0.29) is 12.1 Å². The Morgan fingerprint density at radius 3 is 2.09 bits per heavy atom. The van der Waals surface area contributed by atoms with Crippen LogP contribution in [0.2, 0.25) is 6.32 Å². The van der Waals surface area contributed by atoms with Gasteiger partial charge in [-0.1, -0.05) is 189 Å². The molecule has 7 aromatic rings. The fraction of sp³-hybridized carbons (Fsp3) is 0.313. The molecule has 70 heavy (non-hydrogen) atoms. The normalized spacial score (nSPS) is 24.0. The second kappa shape index (κ2) is 16.1. The minimum atomic E-state index is -0.547. The van der Waals surface area contributed by atoms with Gasteiger partial charge < -0.3 is 9.47 Å². The number of allylic oxidation sites excluding steroid dienone is 7. The fourth-order valence-electron chi connectivity index (χ4n) is 14.5. The maximum atomic E-state index is 5.19. The second-order valence-electron chi connectivity index (χ2n) is 22.9. The number of hydrogen-bond acceptors (Lipinski definition) is 1. The van der Waals surface area contributed by atoms with Crippen LogP contribution < -0.4 is 10.4 Å². The molecule has 1 saturated carbocycles. The Hall–Kier alpha value is -6.32. The van der Waals surface area contributed by atoms with E-state index in [1.54, 1.807) is 5.57 Å². The largest absolute Gasteiger partial charge is 0.315 e. The predicted molar refractivity (Wildman–Crippen MR) is 302 cm³/mol. The number of aromatic nitrogens is 1. The molecule has 6 aliphatic rings. The first kappa shape index (κ1) is 44.9. The van der Waals surface area contributed by atoms with E-state index in [0.29, 0.717) is 29.6 Å². The summed E-state index contributed by atoms with van der Waals surface area (Å²) in [5, 5.41) is 2.57. The summed E-state index contributed by atoms with van der Waals surface area (Å²) in [4.78, 5) is 2.65. The Bertz CT molecular complexity index is 3450. The number of nitrogens with zero attached hydrogens (tertiary/aromatic N) is 2. The van der Waals surface area contributed by atoms with Gasteiger partial charge in [-0.05, 0) is 154 Å². The van der Waals surface area contributed by atoms with Crippen molar-refractivity contribution in [3.63, 3.8) is 0 Å². The van der Waals surface area contributed by atoms with Gasteiger partial charge in [0.25, 0.3) is 0 Å². The highest BCUT2D eigenvalue weighted by Crippen LogP contribution is 2.61. The maximum absolute atomic E-state index is 5.19. The van der Waals surface area contributed by atoms with E-state index in [2.05, 4.69) is 219 Å². The molecule has 4 aliphatic heterocycles. The topological polar surface area (TPSA) is 8.17 Å². The van der Waals surface area contributed by atoms with Crippen molar-refractivity contribution < 1.29 is 0 Å². The van der Waals surface area contributed by atoms with Gasteiger partial charge in [-0.3, -0.25) is 0 Å². The summed E-state index contributed by atoms with van der Waals surface area (Å²) < 4.78 is 2.73. The molecular weight excluding hydrogens is 844 g/mol. The summed E-state index contributed by atoms with van der Waals surface area (Å²) in [5.41, 5.74) is 25.8. The minimum absolute atomic E-state index is 0.0760. The van der Waals surface area contributed by atoms with Crippen LogP contribution >= 0.6 is 0 Å². The SMILES string of the molecule is C=CC1=C(CC)N2C(=C)/C(=C\CC)C3(C)c4ccc(cc4)-c4cc(-c5ccc(C(C)(C)C)cc5)cc(c4)-c4cccc5c6ccccc6n(c45)-c4cc(C5C(C6C=C(C)[C@@H]6C)C[C@@H]5C)c(c2c43)B1CC. The summed E-state index contributed by atoms with van der Waals surface area (Å²) in [7, 11) is 0. The number of anilines is 1. The molecule has 3 heteroatoms. The molecule has 2 nitrogen and oxygen atoms in total. The van der Waals surface area contributed by atoms with Crippen molar-refractivity contribution in [3.05, 3.63) is 197 Å². The molecule has 13 rings (SSSR count). The van der Waals surface area contributed by atoms with Crippen molar-refractivity contribution >= 4 is 39.7 Å². The highest BCUT2D eigenvalue weighted by atomic mass is 15.2. The van der Waals surface area contributed by atoms with Crippen LogP contribution in [0.5, 0.6) is 0 Å². The van der Waals surface area contributed by atoms with E-state index >= 15 is 0 Å². The lowest BCUT2D eigenvalue weighted by Crippen LogP contribution is -2.53.